The molecule has 5 heteroatoms. The van der Waals surface area contributed by atoms with Crippen LogP contribution in [0.25, 0.3) is 11.3 Å². The van der Waals surface area contributed by atoms with Crippen molar-refractivity contribution < 1.29 is 4.42 Å². The fourth-order valence-corrected chi connectivity index (χ4v) is 1.94. The summed E-state index contributed by atoms with van der Waals surface area (Å²) in [4.78, 5) is 3.88. The van der Waals surface area contributed by atoms with Gasteiger partial charge in [0, 0.05) is 11.1 Å². The summed E-state index contributed by atoms with van der Waals surface area (Å²) in [7, 11) is 0. The minimum absolute atomic E-state index is 0.333. The van der Waals surface area contributed by atoms with Gasteiger partial charge in [-0.15, -0.1) is 0 Å². The summed E-state index contributed by atoms with van der Waals surface area (Å²) >= 11 is 0. The number of nitrogens with zero attached hydrogens (tertiary/aromatic N) is 3. The van der Waals surface area contributed by atoms with Crippen LogP contribution in [0.3, 0.4) is 0 Å². The number of nitrogens with one attached hydrogen (secondary N) is 1. The van der Waals surface area contributed by atoms with Crippen LogP contribution in [0.4, 0.5) is 5.69 Å². The molecule has 0 saturated heterocycles. The molecule has 106 valence electrons. The molecular weight excluding hydrogens is 276 g/mol. The van der Waals surface area contributed by atoms with E-state index in [-0.39, 0.29) is 0 Å². The van der Waals surface area contributed by atoms with E-state index < -0.39 is 0 Å². The Kier molecular flexibility index (Phi) is 3.94. The average Bonchev–Trinajstić information content (AvgIpc) is 3.11. The zero-order valence-electron chi connectivity index (χ0n) is 11.6. The van der Waals surface area contributed by atoms with Crippen molar-refractivity contribution in [2.75, 3.05) is 5.43 Å². The van der Waals surface area contributed by atoms with Gasteiger partial charge in [-0.25, -0.2) is 4.98 Å². The van der Waals surface area contributed by atoms with Gasteiger partial charge in [-0.1, -0.05) is 30.3 Å². The molecule has 0 aliphatic heterocycles. The molecule has 1 N–H and O–H groups in total. The van der Waals surface area contributed by atoms with Crippen LogP contribution in [-0.4, -0.2) is 10.7 Å². The lowest BCUT2D eigenvalue weighted by atomic mass is 10.1. The van der Waals surface area contributed by atoms with Gasteiger partial charge in [-0.05, 0) is 24.3 Å². The van der Waals surface area contributed by atoms with E-state index in [4.69, 9.17) is 4.42 Å². The topological polar surface area (TPSA) is 74.2 Å². The molecule has 5 nitrogen and oxygen atoms in total. The fraction of sp³-hybridized carbons (Fsp3) is 0. The van der Waals surface area contributed by atoms with Crippen LogP contribution in [0.2, 0.25) is 0 Å². The molecule has 0 atom stereocenters. The molecule has 0 aliphatic carbocycles. The number of hydrazone groups is 1. The number of anilines is 1. The first-order valence-electron chi connectivity index (χ1n) is 6.65. The van der Waals surface area contributed by atoms with Crippen LogP contribution < -0.4 is 5.43 Å². The second-order valence-electron chi connectivity index (χ2n) is 4.49. The predicted molar refractivity (Wildman–Crippen MR) is 84.2 cm³/mol. The summed E-state index contributed by atoms with van der Waals surface area (Å²) in [5.74, 6) is 0.706. The normalized spacial score (nSPS) is 11.0. The predicted octanol–water partition coefficient (Wildman–Crippen LogP) is 3.68. The van der Waals surface area contributed by atoms with Crippen molar-refractivity contribution in [2.24, 2.45) is 5.10 Å². The number of hydrogen-bond donors (Lipinski definition) is 1. The highest BCUT2D eigenvalue weighted by Gasteiger charge is 2.03. The summed E-state index contributed by atoms with van der Waals surface area (Å²) in [6, 6.07) is 18.9. The lowest BCUT2D eigenvalue weighted by Crippen LogP contribution is -2.01. The van der Waals surface area contributed by atoms with Crippen LogP contribution >= 0.6 is 0 Å². The lowest BCUT2D eigenvalue weighted by molar-refractivity contribution is 0.572. The SMILES string of the molecule is N#C/C(=N\Nc1ccc(-c2cnco2)cc1)c1ccccc1. The molecule has 3 aromatic rings. The Bertz CT molecular complexity index is 800. The highest BCUT2D eigenvalue weighted by atomic mass is 16.3. The van der Waals surface area contributed by atoms with Gasteiger partial charge in [-0.3, -0.25) is 5.43 Å². The largest absolute Gasteiger partial charge is 0.444 e. The number of nitriles is 1. The van der Waals surface area contributed by atoms with E-state index >= 15 is 0 Å². The third-order valence-electron chi connectivity index (χ3n) is 3.05. The van der Waals surface area contributed by atoms with Gasteiger partial charge in [0.15, 0.2) is 17.9 Å². The summed E-state index contributed by atoms with van der Waals surface area (Å²) < 4.78 is 5.23. The molecular formula is C17H12N4O. The van der Waals surface area contributed by atoms with E-state index in [2.05, 4.69) is 21.6 Å². The van der Waals surface area contributed by atoms with Crippen LogP contribution in [0.15, 0.2) is 76.7 Å². The second-order valence-corrected chi connectivity index (χ2v) is 4.49. The highest BCUT2D eigenvalue weighted by molar-refractivity contribution is 6.11. The van der Waals surface area contributed by atoms with E-state index in [1.54, 1.807) is 6.20 Å². The number of hydrogen-bond acceptors (Lipinski definition) is 5. The maximum atomic E-state index is 9.19. The summed E-state index contributed by atoms with van der Waals surface area (Å²) in [6.45, 7) is 0. The Labute approximate surface area is 127 Å². The summed E-state index contributed by atoms with van der Waals surface area (Å²) in [5.41, 5.74) is 5.70. The van der Waals surface area contributed by atoms with Gasteiger partial charge in [0.2, 0.25) is 0 Å². The molecule has 22 heavy (non-hydrogen) atoms. The van der Waals surface area contributed by atoms with Gasteiger partial charge >= 0.3 is 0 Å². The molecule has 0 unspecified atom stereocenters. The molecule has 0 spiro atoms. The third-order valence-corrected chi connectivity index (χ3v) is 3.05. The van der Waals surface area contributed by atoms with Crippen LogP contribution in [0.5, 0.6) is 0 Å². The first-order valence-corrected chi connectivity index (χ1v) is 6.65. The standard InChI is InChI=1S/C17H12N4O/c18-10-16(13-4-2-1-3-5-13)21-20-15-8-6-14(7-9-15)17-11-19-12-22-17/h1-9,11-12,20H/b21-16+. The Morgan fingerprint density at radius 3 is 2.50 bits per heavy atom. The first-order chi connectivity index (χ1) is 10.9. The second kappa shape index (κ2) is 6.37. The number of oxazole rings is 1. The first kappa shape index (κ1) is 13.6. The fourth-order valence-electron chi connectivity index (χ4n) is 1.94. The average molecular weight is 288 g/mol. The van der Waals surface area contributed by atoms with Crippen LogP contribution in [0, 0.1) is 11.3 Å². The van der Waals surface area contributed by atoms with Gasteiger partial charge in [0.25, 0.3) is 0 Å². The lowest BCUT2D eigenvalue weighted by Gasteiger charge is -2.03. The van der Waals surface area contributed by atoms with Crippen LogP contribution in [-0.2, 0) is 0 Å². The molecule has 2 aromatic carbocycles. The van der Waals surface area contributed by atoms with Crippen molar-refractivity contribution in [2.45, 2.75) is 0 Å². The van der Waals surface area contributed by atoms with E-state index in [1.165, 1.54) is 6.39 Å². The molecule has 3 rings (SSSR count). The molecule has 1 heterocycles. The van der Waals surface area contributed by atoms with Crippen molar-refractivity contribution in [1.29, 1.82) is 5.26 Å². The number of rotatable bonds is 4. The Morgan fingerprint density at radius 1 is 1.09 bits per heavy atom. The zero-order valence-corrected chi connectivity index (χ0v) is 11.6. The highest BCUT2D eigenvalue weighted by Crippen LogP contribution is 2.20. The quantitative estimate of drug-likeness (QED) is 0.587. The molecule has 0 aliphatic rings. The van der Waals surface area contributed by atoms with Crippen molar-refractivity contribution in [3.8, 4) is 17.4 Å². The number of aromatic nitrogens is 1. The molecule has 0 saturated carbocycles. The summed E-state index contributed by atoms with van der Waals surface area (Å²) in [6.07, 6.45) is 3.05. The molecule has 0 bridgehead atoms. The Morgan fingerprint density at radius 2 is 1.86 bits per heavy atom. The molecule has 0 radical (unpaired) electrons. The van der Waals surface area contributed by atoms with E-state index in [9.17, 15) is 5.26 Å². The van der Waals surface area contributed by atoms with Gasteiger partial charge in [-0.2, -0.15) is 10.4 Å². The minimum atomic E-state index is 0.333. The van der Waals surface area contributed by atoms with Gasteiger partial charge < -0.3 is 4.42 Å². The zero-order chi connectivity index (χ0) is 15.2. The number of benzene rings is 2. The van der Waals surface area contributed by atoms with E-state index in [1.807, 2.05) is 54.6 Å². The van der Waals surface area contributed by atoms with Crippen LogP contribution in [0.1, 0.15) is 5.56 Å². The Balaban J connectivity index is 1.76. The van der Waals surface area contributed by atoms with E-state index in [0.29, 0.717) is 11.5 Å². The van der Waals surface area contributed by atoms with Crippen molar-refractivity contribution in [3.05, 3.63) is 72.8 Å². The van der Waals surface area contributed by atoms with Crippen molar-refractivity contribution >= 4 is 11.4 Å². The molecule has 1 aromatic heterocycles. The maximum Gasteiger partial charge on any atom is 0.181 e. The van der Waals surface area contributed by atoms with E-state index in [0.717, 1.165) is 16.8 Å². The van der Waals surface area contributed by atoms with Crippen molar-refractivity contribution in [3.63, 3.8) is 0 Å². The Hall–Kier alpha value is -3.39. The third kappa shape index (κ3) is 3.02. The minimum Gasteiger partial charge on any atom is -0.444 e. The van der Waals surface area contributed by atoms with Crippen molar-refractivity contribution in [1.82, 2.24) is 4.98 Å². The van der Waals surface area contributed by atoms with Gasteiger partial charge in [0.05, 0.1) is 11.9 Å². The van der Waals surface area contributed by atoms with Gasteiger partial charge in [0.1, 0.15) is 6.07 Å². The smallest absolute Gasteiger partial charge is 0.181 e. The monoisotopic (exact) mass is 288 g/mol. The molecule has 0 fully saturated rings. The summed E-state index contributed by atoms with van der Waals surface area (Å²) in [5, 5.41) is 13.3. The maximum absolute atomic E-state index is 9.19. The molecule has 0 amide bonds.